The van der Waals surface area contributed by atoms with Gasteiger partial charge in [0.1, 0.15) is 0 Å². The minimum atomic E-state index is -0.850. The number of carbonyl (C=O) groups is 2. The van der Waals surface area contributed by atoms with Crippen LogP contribution in [-0.2, 0) is 14.3 Å². The van der Waals surface area contributed by atoms with Gasteiger partial charge in [0.05, 0.1) is 5.41 Å². The van der Waals surface area contributed by atoms with E-state index in [-0.39, 0.29) is 17.9 Å². The van der Waals surface area contributed by atoms with Crippen molar-refractivity contribution in [1.82, 2.24) is 5.32 Å². The molecule has 21 heavy (non-hydrogen) atoms. The third-order valence-electron chi connectivity index (χ3n) is 5.46. The first kappa shape index (κ1) is 16.3. The number of ether oxygens (including phenoxy) is 1. The van der Waals surface area contributed by atoms with Gasteiger partial charge in [-0.05, 0) is 32.1 Å². The minimum absolute atomic E-state index is 0.0526. The molecule has 2 fully saturated rings. The summed E-state index contributed by atoms with van der Waals surface area (Å²) in [7, 11) is 0. The molecule has 0 atom stereocenters. The van der Waals surface area contributed by atoms with Gasteiger partial charge in [-0.3, -0.25) is 9.59 Å². The molecule has 2 aliphatic rings. The van der Waals surface area contributed by atoms with Crippen LogP contribution in [0.5, 0.6) is 0 Å². The van der Waals surface area contributed by atoms with Crippen LogP contribution in [0.4, 0.5) is 0 Å². The van der Waals surface area contributed by atoms with Gasteiger partial charge >= 0.3 is 5.97 Å². The van der Waals surface area contributed by atoms with Crippen molar-refractivity contribution in [2.75, 3.05) is 19.8 Å². The standard InChI is InChI=1S/C16H27NO4/c1-2-15(6-4-3-5-7-15)13(18)17-12-16(14(19)20)8-10-21-11-9-16/h2-12H2,1H3,(H,17,18)(H,19,20). The summed E-state index contributed by atoms with van der Waals surface area (Å²) in [5.41, 5.74) is -1.12. The Kier molecular flexibility index (Phi) is 5.25. The van der Waals surface area contributed by atoms with E-state index in [2.05, 4.69) is 12.2 Å². The first-order valence-electron chi connectivity index (χ1n) is 8.14. The number of nitrogens with one attached hydrogen (secondary N) is 1. The second-order valence-corrected chi connectivity index (χ2v) is 6.58. The maximum absolute atomic E-state index is 12.6. The molecule has 1 amide bonds. The van der Waals surface area contributed by atoms with Gasteiger partial charge in [-0.15, -0.1) is 0 Å². The van der Waals surface area contributed by atoms with Crippen molar-refractivity contribution < 1.29 is 19.4 Å². The fourth-order valence-corrected chi connectivity index (χ4v) is 3.64. The Morgan fingerprint density at radius 1 is 1.05 bits per heavy atom. The zero-order valence-electron chi connectivity index (χ0n) is 13.0. The molecule has 1 aliphatic heterocycles. The fraction of sp³-hybridized carbons (Fsp3) is 0.875. The lowest BCUT2D eigenvalue weighted by atomic mass is 9.71. The third-order valence-corrected chi connectivity index (χ3v) is 5.46. The molecule has 0 aromatic carbocycles. The molecule has 0 aromatic rings. The molecular weight excluding hydrogens is 270 g/mol. The monoisotopic (exact) mass is 297 g/mol. The van der Waals surface area contributed by atoms with Crippen LogP contribution in [0.3, 0.4) is 0 Å². The molecule has 1 saturated carbocycles. The lowest BCUT2D eigenvalue weighted by Crippen LogP contribution is -2.50. The van der Waals surface area contributed by atoms with E-state index < -0.39 is 11.4 Å². The van der Waals surface area contributed by atoms with Gasteiger partial charge in [0.2, 0.25) is 5.91 Å². The normalized spacial score (nSPS) is 24.2. The zero-order valence-corrected chi connectivity index (χ0v) is 13.0. The number of carboxylic acid groups (broad SMARTS) is 1. The first-order chi connectivity index (χ1) is 10.0. The number of hydrogen-bond acceptors (Lipinski definition) is 3. The summed E-state index contributed by atoms with van der Waals surface area (Å²) in [6.45, 7) is 3.21. The molecule has 1 aliphatic carbocycles. The number of amides is 1. The predicted molar refractivity (Wildman–Crippen MR) is 78.9 cm³/mol. The van der Waals surface area contributed by atoms with Crippen LogP contribution >= 0.6 is 0 Å². The lowest BCUT2D eigenvalue weighted by molar-refractivity contribution is -0.155. The molecule has 120 valence electrons. The number of carboxylic acids is 1. The summed E-state index contributed by atoms with van der Waals surface area (Å²) >= 11 is 0. The van der Waals surface area contributed by atoms with E-state index >= 15 is 0 Å². The average Bonchev–Trinajstić information content (AvgIpc) is 2.54. The molecule has 1 heterocycles. The Morgan fingerprint density at radius 2 is 1.67 bits per heavy atom. The maximum Gasteiger partial charge on any atom is 0.311 e. The lowest BCUT2D eigenvalue weighted by Gasteiger charge is -2.38. The van der Waals surface area contributed by atoms with Gasteiger partial charge in [-0.1, -0.05) is 26.2 Å². The molecule has 5 nitrogen and oxygen atoms in total. The smallest absolute Gasteiger partial charge is 0.311 e. The highest BCUT2D eigenvalue weighted by molar-refractivity contribution is 5.84. The van der Waals surface area contributed by atoms with E-state index in [1.54, 1.807) is 0 Å². The third kappa shape index (κ3) is 3.39. The molecule has 5 heteroatoms. The Hall–Kier alpha value is -1.10. The Morgan fingerprint density at radius 3 is 2.19 bits per heavy atom. The van der Waals surface area contributed by atoms with Gasteiger partial charge in [0.25, 0.3) is 0 Å². The maximum atomic E-state index is 12.6. The Labute approximate surface area is 126 Å². The van der Waals surface area contributed by atoms with Gasteiger partial charge in [0, 0.05) is 25.2 Å². The predicted octanol–water partition coefficient (Wildman–Crippen LogP) is 2.34. The topological polar surface area (TPSA) is 75.6 Å². The zero-order chi connectivity index (χ0) is 15.3. The number of hydrogen-bond donors (Lipinski definition) is 2. The van der Waals surface area contributed by atoms with Crippen LogP contribution in [0.25, 0.3) is 0 Å². The van der Waals surface area contributed by atoms with E-state index in [4.69, 9.17) is 4.74 Å². The molecule has 0 radical (unpaired) electrons. The first-order valence-corrected chi connectivity index (χ1v) is 8.14. The van der Waals surface area contributed by atoms with Crippen molar-refractivity contribution in [2.24, 2.45) is 10.8 Å². The molecule has 2 rings (SSSR count). The minimum Gasteiger partial charge on any atom is -0.481 e. The van der Waals surface area contributed by atoms with Crippen molar-refractivity contribution in [3.63, 3.8) is 0 Å². The summed E-state index contributed by atoms with van der Waals surface area (Å²) in [6.07, 6.45) is 7.03. The molecule has 0 aromatic heterocycles. The number of carbonyl (C=O) groups excluding carboxylic acids is 1. The molecule has 2 N–H and O–H groups in total. The van der Waals surface area contributed by atoms with Crippen LogP contribution < -0.4 is 5.32 Å². The van der Waals surface area contributed by atoms with Crippen molar-refractivity contribution in [3.05, 3.63) is 0 Å². The van der Waals surface area contributed by atoms with E-state index in [0.29, 0.717) is 26.1 Å². The van der Waals surface area contributed by atoms with Crippen molar-refractivity contribution in [2.45, 2.75) is 58.3 Å². The van der Waals surface area contributed by atoms with Crippen molar-refractivity contribution >= 4 is 11.9 Å². The quantitative estimate of drug-likeness (QED) is 0.816. The molecule has 0 unspecified atom stereocenters. The fourth-order valence-electron chi connectivity index (χ4n) is 3.64. The Bertz CT molecular complexity index is 382. The van der Waals surface area contributed by atoms with E-state index in [9.17, 15) is 14.7 Å². The highest BCUT2D eigenvalue weighted by Gasteiger charge is 2.43. The van der Waals surface area contributed by atoms with Crippen LogP contribution in [0.2, 0.25) is 0 Å². The number of aliphatic carboxylic acids is 1. The van der Waals surface area contributed by atoms with Crippen LogP contribution in [-0.4, -0.2) is 36.7 Å². The van der Waals surface area contributed by atoms with Crippen LogP contribution in [0.1, 0.15) is 58.3 Å². The molecule has 0 spiro atoms. The molecule has 1 saturated heterocycles. The van der Waals surface area contributed by atoms with E-state index in [1.165, 1.54) is 6.42 Å². The SMILES string of the molecule is CCC1(C(=O)NCC2(C(=O)O)CCOCC2)CCCCC1. The molecule has 0 bridgehead atoms. The molecular formula is C16H27NO4. The second-order valence-electron chi connectivity index (χ2n) is 6.58. The largest absolute Gasteiger partial charge is 0.481 e. The van der Waals surface area contributed by atoms with Crippen LogP contribution in [0.15, 0.2) is 0 Å². The summed E-state index contributed by atoms with van der Waals surface area (Å²) < 4.78 is 5.26. The van der Waals surface area contributed by atoms with Crippen molar-refractivity contribution in [1.29, 1.82) is 0 Å². The highest BCUT2D eigenvalue weighted by atomic mass is 16.5. The van der Waals surface area contributed by atoms with Crippen molar-refractivity contribution in [3.8, 4) is 0 Å². The summed E-state index contributed by atoms with van der Waals surface area (Å²) in [5.74, 6) is -0.767. The second kappa shape index (κ2) is 6.77. The Balaban J connectivity index is 1.99. The number of rotatable bonds is 5. The van der Waals surface area contributed by atoms with Crippen LogP contribution in [0, 0.1) is 10.8 Å². The van der Waals surface area contributed by atoms with Gasteiger partial charge in [-0.25, -0.2) is 0 Å². The van der Waals surface area contributed by atoms with Gasteiger partial charge < -0.3 is 15.2 Å². The highest BCUT2D eigenvalue weighted by Crippen LogP contribution is 2.40. The van der Waals surface area contributed by atoms with Gasteiger partial charge in [-0.2, -0.15) is 0 Å². The summed E-state index contributed by atoms with van der Waals surface area (Å²) in [5, 5.41) is 12.5. The summed E-state index contributed by atoms with van der Waals surface area (Å²) in [6, 6.07) is 0. The average molecular weight is 297 g/mol. The van der Waals surface area contributed by atoms with Gasteiger partial charge in [0.15, 0.2) is 0 Å². The summed E-state index contributed by atoms with van der Waals surface area (Å²) in [4.78, 5) is 24.2. The van der Waals surface area contributed by atoms with E-state index in [1.807, 2.05) is 0 Å². The van der Waals surface area contributed by atoms with E-state index in [0.717, 1.165) is 32.1 Å².